The summed E-state index contributed by atoms with van der Waals surface area (Å²) >= 11 is -0.431. The monoisotopic (exact) mass is 155 g/mol. The SMILES string of the molecule is N#C[Se]C#N.[Na]. The molecule has 2 nitrogen and oxygen atoms in total. The van der Waals surface area contributed by atoms with Gasteiger partial charge in [-0.1, -0.05) is 0 Å². The Hall–Kier alpha value is 0.499. The second kappa shape index (κ2) is 9.09. The molecule has 0 aliphatic rings. The van der Waals surface area contributed by atoms with Crippen molar-refractivity contribution < 1.29 is 0 Å². The molecule has 0 atom stereocenters. The van der Waals surface area contributed by atoms with Gasteiger partial charge in [0.25, 0.3) is 0 Å². The Bertz CT molecular complexity index is 76.7. The van der Waals surface area contributed by atoms with Gasteiger partial charge in [-0.3, -0.25) is 0 Å². The van der Waals surface area contributed by atoms with E-state index in [0.717, 1.165) is 0 Å². The molecule has 0 unspecified atom stereocenters. The van der Waals surface area contributed by atoms with Crippen LogP contribution in [0.15, 0.2) is 0 Å². The molecule has 0 rings (SSSR count). The minimum Gasteiger partial charge on any atom is 0 e. The maximum atomic E-state index is 7.62. The van der Waals surface area contributed by atoms with Crippen LogP contribution in [0.2, 0.25) is 0 Å². The van der Waals surface area contributed by atoms with Gasteiger partial charge in [-0.2, -0.15) is 0 Å². The fourth-order valence-corrected chi connectivity index (χ4v) is 0.106. The summed E-state index contributed by atoms with van der Waals surface area (Å²) in [5, 5.41) is 15.2. The Labute approximate surface area is 64.6 Å². The Morgan fingerprint density at radius 2 is 1.50 bits per heavy atom. The van der Waals surface area contributed by atoms with Crippen molar-refractivity contribution in [1.82, 2.24) is 0 Å². The number of nitrogens with zero attached hydrogens (tertiary/aromatic N) is 2. The zero-order valence-corrected chi connectivity index (χ0v) is 7.02. The molecule has 0 amide bonds. The number of rotatable bonds is 0. The molecule has 1 radical (unpaired) electrons. The van der Waals surface area contributed by atoms with E-state index in [9.17, 15) is 0 Å². The first-order valence-corrected chi connectivity index (χ1v) is 2.57. The van der Waals surface area contributed by atoms with Gasteiger partial charge in [0.2, 0.25) is 0 Å². The van der Waals surface area contributed by atoms with Gasteiger partial charge in [-0.15, -0.1) is 0 Å². The summed E-state index contributed by atoms with van der Waals surface area (Å²) in [7, 11) is 0. The van der Waals surface area contributed by atoms with Crippen LogP contribution in [0.3, 0.4) is 0 Å². The van der Waals surface area contributed by atoms with Gasteiger partial charge in [0.1, 0.15) is 0 Å². The van der Waals surface area contributed by atoms with Gasteiger partial charge in [0, 0.05) is 29.6 Å². The summed E-state index contributed by atoms with van der Waals surface area (Å²) in [6.07, 6.45) is 0. The first-order valence-electron chi connectivity index (χ1n) is 0.855. The van der Waals surface area contributed by atoms with Crippen LogP contribution in [0.1, 0.15) is 0 Å². The molecule has 0 spiro atoms. The maximum absolute atomic E-state index is 7.62. The summed E-state index contributed by atoms with van der Waals surface area (Å²) in [5.41, 5.74) is 0. The molecule has 0 aliphatic heterocycles. The smallest absolute Gasteiger partial charge is 0 e. The van der Waals surface area contributed by atoms with E-state index in [1.807, 2.05) is 0 Å². The molecule has 0 saturated carbocycles. The third-order valence-electron chi connectivity index (χ3n) is 0.0913. The van der Waals surface area contributed by atoms with E-state index in [-0.39, 0.29) is 29.6 Å². The van der Waals surface area contributed by atoms with Crippen LogP contribution < -0.4 is 0 Å². The third-order valence-corrected chi connectivity index (χ3v) is 0.474. The molecule has 0 aromatic carbocycles. The van der Waals surface area contributed by atoms with E-state index in [1.165, 1.54) is 0 Å². The quantitative estimate of drug-likeness (QED) is 0.432. The van der Waals surface area contributed by atoms with E-state index in [0.29, 0.717) is 0 Å². The molecule has 0 bridgehead atoms. The van der Waals surface area contributed by atoms with Crippen molar-refractivity contribution in [2.75, 3.05) is 0 Å². The van der Waals surface area contributed by atoms with Crippen molar-refractivity contribution in [2.24, 2.45) is 0 Å². The normalized spacial score (nSPS) is 3.67. The van der Waals surface area contributed by atoms with Gasteiger partial charge < -0.3 is 0 Å². The van der Waals surface area contributed by atoms with Gasteiger partial charge in [0.05, 0.1) is 0 Å². The van der Waals surface area contributed by atoms with Crippen molar-refractivity contribution in [3.63, 3.8) is 0 Å². The van der Waals surface area contributed by atoms with Crippen LogP contribution in [0, 0.1) is 20.5 Å². The number of nitriles is 2. The molecule has 0 aliphatic carbocycles. The van der Waals surface area contributed by atoms with E-state index in [4.69, 9.17) is 10.5 Å². The molecule has 0 saturated heterocycles. The average Bonchev–Trinajstić information content (AvgIpc) is 1.41. The van der Waals surface area contributed by atoms with Crippen molar-refractivity contribution in [2.45, 2.75) is 0 Å². The van der Waals surface area contributed by atoms with Crippen LogP contribution in [0.5, 0.6) is 0 Å². The molecular weight excluding hydrogens is 154 g/mol. The fraction of sp³-hybridized carbons (Fsp3) is 0. The second-order valence-electron chi connectivity index (χ2n) is 0.285. The maximum Gasteiger partial charge on any atom is 0 e. The van der Waals surface area contributed by atoms with Crippen molar-refractivity contribution >= 4 is 44.5 Å². The fourth-order valence-electron chi connectivity index (χ4n) is 0.0204. The zero-order chi connectivity index (χ0) is 4.12. The van der Waals surface area contributed by atoms with Gasteiger partial charge in [0.15, 0.2) is 0 Å². The Kier molecular flexibility index (Phi) is 14.7. The summed E-state index contributed by atoms with van der Waals surface area (Å²) in [4.78, 5) is 3.44. The molecule has 0 aromatic rings. The first kappa shape index (κ1) is 9.71. The number of hydrogen-bond donors (Lipinski definition) is 0. The van der Waals surface area contributed by atoms with Crippen LogP contribution in [-0.2, 0) is 0 Å². The van der Waals surface area contributed by atoms with Crippen LogP contribution >= 0.6 is 0 Å². The predicted molar refractivity (Wildman–Crippen MR) is 22.7 cm³/mol. The molecular formula is C2N2NaSe. The summed E-state index contributed by atoms with van der Waals surface area (Å²) < 4.78 is 0. The Morgan fingerprint density at radius 1 is 1.17 bits per heavy atom. The van der Waals surface area contributed by atoms with Gasteiger partial charge in [-0.25, -0.2) is 0 Å². The standard InChI is InChI=1S/C2N2Se.Na/c3-1-5-2-4;. The average molecular weight is 154 g/mol. The van der Waals surface area contributed by atoms with E-state index >= 15 is 0 Å². The zero-order valence-electron chi connectivity index (χ0n) is 3.30. The minimum absolute atomic E-state index is 0. The summed E-state index contributed by atoms with van der Waals surface area (Å²) in [6.45, 7) is 0. The Balaban J connectivity index is 0. The van der Waals surface area contributed by atoms with E-state index in [1.54, 1.807) is 9.94 Å². The van der Waals surface area contributed by atoms with Crippen LogP contribution in [0.4, 0.5) is 0 Å². The van der Waals surface area contributed by atoms with Crippen molar-refractivity contribution in [3.05, 3.63) is 0 Å². The molecule has 0 N–H and O–H groups in total. The van der Waals surface area contributed by atoms with Gasteiger partial charge >= 0.3 is 35.4 Å². The van der Waals surface area contributed by atoms with Gasteiger partial charge in [-0.05, 0) is 0 Å². The van der Waals surface area contributed by atoms with Crippen LogP contribution in [-0.4, -0.2) is 44.5 Å². The van der Waals surface area contributed by atoms with E-state index in [2.05, 4.69) is 0 Å². The molecule has 0 fully saturated rings. The molecule has 25 valence electrons. The predicted octanol–water partition coefficient (Wildman–Crippen LogP) is -0.728. The third kappa shape index (κ3) is 8.82. The first-order chi connectivity index (χ1) is 2.41. The summed E-state index contributed by atoms with van der Waals surface area (Å²) in [5.74, 6) is 0. The second-order valence-corrected chi connectivity index (χ2v) is 1.48. The minimum atomic E-state index is -0.431. The van der Waals surface area contributed by atoms with Crippen molar-refractivity contribution in [3.8, 4) is 9.94 Å². The topological polar surface area (TPSA) is 47.6 Å². The molecule has 0 aromatic heterocycles. The van der Waals surface area contributed by atoms with Crippen LogP contribution in [0.25, 0.3) is 0 Å². The molecule has 4 heteroatoms. The van der Waals surface area contributed by atoms with E-state index < -0.39 is 15.0 Å². The Morgan fingerprint density at radius 3 is 1.50 bits per heavy atom. The molecule has 6 heavy (non-hydrogen) atoms. The largest absolute Gasteiger partial charge is 0 e. The van der Waals surface area contributed by atoms with Crippen molar-refractivity contribution in [1.29, 1.82) is 10.5 Å². The molecule has 0 heterocycles. The number of hydrogen-bond acceptors (Lipinski definition) is 2. The summed E-state index contributed by atoms with van der Waals surface area (Å²) in [6, 6.07) is 0.